The Morgan fingerprint density at radius 3 is 2.85 bits per heavy atom. The third-order valence-corrected chi connectivity index (χ3v) is 2.37. The van der Waals surface area contributed by atoms with Crippen molar-refractivity contribution >= 4 is 34.3 Å². The third kappa shape index (κ3) is 2.81. The summed E-state index contributed by atoms with van der Waals surface area (Å²) in [6.07, 6.45) is 0.358. The summed E-state index contributed by atoms with van der Waals surface area (Å²) < 4.78 is 12.7. The van der Waals surface area contributed by atoms with Gasteiger partial charge < -0.3 is 0 Å². The highest BCUT2D eigenvalue weighted by molar-refractivity contribution is 9.09. The predicted octanol–water partition coefficient (Wildman–Crippen LogP) is 3.08. The van der Waals surface area contributed by atoms with Crippen molar-refractivity contribution in [2.45, 2.75) is 11.3 Å². The zero-order valence-corrected chi connectivity index (χ0v) is 9.24. The van der Waals surface area contributed by atoms with Crippen LogP contribution in [0, 0.1) is 5.82 Å². The lowest BCUT2D eigenvalue weighted by Gasteiger charge is -2.02. The minimum Gasteiger partial charge on any atom is -0.294 e. The van der Waals surface area contributed by atoms with Gasteiger partial charge in [-0.3, -0.25) is 4.79 Å². The van der Waals surface area contributed by atoms with E-state index in [9.17, 15) is 9.18 Å². The average Bonchev–Trinajstić information content (AvgIpc) is 2.09. The standard InChI is InChI=1S/C9H8BrFOS/c10-4-3-8(12)7-5-6(11)1-2-9(7)13/h1-2,5,13H,3-4H2. The van der Waals surface area contributed by atoms with Crippen LogP contribution < -0.4 is 0 Å². The van der Waals surface area contributed by atoms with Crippen LogP contribution in [-0.4, -0.2) is 11.1 Å². The van der Waals surface area contributed by atoms with Gasteiger partial charge >= 0.3 is 0 Å². The molecule has 1 nitrogen and oxygen atoms in total. The second kappa shape index (κ2) is 4.77. The number of carbonyl (C=O) groups is 1. The Morgan fingerprint density at radius 1 is 1.54 bits per heavy atom. The van der Waals surface area contributed by atoms with Crippen LogP contribution in [0.5, 0.6) is 0 Å². The lowest BCUT2D eigenvalue weighted by molar-refractivity contribution is 0.0986. The molecule has 0 atom stereocenters. The highest BCUT2D eigenvalue weighted by Gasteiger charge is 2.09. The molecule has 0 fully saturated rings. The Labute approximate surface area is 89.9 Å². The number of alkyl halides is 1. The molecule has 0 saturated carbocycles. The van der Waals surface area contributed by atoms with Crippen LogP contribution in [-0.2, 0) is 0 Å². The smallest absolute Gasteiger partial charge is 0.164 e. The molecule has 0 aromatic heterocycles. The van der Waals surface area contributed by atoms with Crippen LogP contribution in [0.25, 0.3) is 0 Å². The minimum atomic E-state index is -0.407. The number of Topliss-reactive ketones (excluding diaryl/α,β-unsaturated/α-hetero) is 1. The van der Waals surface area contributed by atoms with Crippen molar-refractivity contribution in [2.75, 3.05) is 5.33 Å². The number of halogens is 2. The molecule has 0 unspecified atom stereocenters. The van der Waals surface area contributed by atoms with Gasteiger partial charge in [-0.2, -0.15) is 0 Å². The van der Waals surface area contributed by atoms with Crippen molar-refractivity contribution in [1.82, 2.24) is 0 Å². The Morgan fingerprint density at radius 2 is 2.23 bits per heavy atom. The normalized spacial score (nSPS) is 10.1. The van der Waals surface area contributed by atoms with E-state index in [2.05, 4.69) is 28.6 Å². The monoisotopic (exact) mass is 262 g/mol. The van der Waals surface area contributed by atoms with Gasteiger partial charge in [-0.25, -0.2) is 4.39 Å². The molecule has 1 aromatic carbocycles. The largest absolute Gasteiger partial charge is 0.294 e. The van der Waals surface area contributed by atoms with Crippen LogP contribution in [0.15, 0.2) is 23.1 Å². The Bertz CT molecular complexity index is 327. The number of hydrogen-bond donors (Lipinski definition) is 1. The zero-order valence-electron chi connectivity index (χ0n) is 6.76. The molecular formula is C9H8BrFOS. The van der Waals surface area contributed by atoms with Crippen LogP contribution in [0.3, 0.4) is 0 Å². The van der Waals surface area contributed by atoms with E-state index in [0.717, 1.165) is 0 Å². The van der Waals surface area contributed by atoms with E-state index in [4.69, 9.17) is 0 Å². The van der Waals surface area contributed by atoms with E-state index in [1.54, 1.807) is 0 Å². The van der Waals surface area contributed by atoms with Gasteiger partial charge in [0.15, 0.2) is 5.78 Å². The highest BCUT2D eigenvalue weighted by Crippen LogP contribution is 2.17. The van der Waals surface area contributed by atoms with E-state index in [1.807, 2.05) is 0 Å². The van der Waals surface area contributed by atoms with Gasteiger partial charge in [0.2, 0.25) is 0 Å². The number of thiol groups is 1. The van der Waals surface area contributed by atoms with Crippen molar-refractivity contribution in [1.29, 1.82) is 0 Å². The first-order chi connectivity index (χ1) is 6.15. The summed E-state index contributed by atoms with van der Waals surface area (Å²) in [6, 6.07) is 3.99. The van der Waals surface area contributed by atoms with E-state index < -0.39 is 5.82 Å². The summed E-state index contributed by atoms with van der Waals surface area (Å²) in [5.41, 5.74) is 0.350. The van der Waals surface area contributed by atoms with Gasteiger partial charge in [0.1, 0.15) is 5.82 Å². The molecule has 1 aromatic rings. The molecule has 0 heterocycles. The van der Waals surface area contributed by atoms with Gasteiger partial charge in [-0.15, -0.1) is 12.6 Å². The maximum atomic E-state index is 12.7. The molecule has 70 valence electrons. The van der Waals surface area contributed by atoms with Crippen LogP contribution in [0.4, 0.5) is 4.39 Å². The molecule has 13 heavy (non-hydrogen) atoms. The van der Waals surface area contributed by atoms with Crippen molar-refractivity contribution in [3.8, 4) is 0 Å². The van der Waals surface area contributed by atoms with Crippen molar-refractivity contribution in [3.05, 3.63) is 29.6 Å². The number of ketones is 1. The maximum absolute atomic E-state index is 12.7. The summed E-state index contributed by atoms with van der Waals surface area (Å²) in [6.45, 7) is 0. The van der Waals surface area contributed by atoms with E-state index in [0.29, 0.717) is 22.2 Å². The van der Waals surface area contributed by atoms with Gasteiger partial charge in [-0.05, 0) is 18.2 Å². The number of benzene rings is 1. The van der Waals surface area contributed by atoms with E-state index in [1.165, 1.54) is 18.2 Å². The zero-order chi connectivity index (χ0) is 9.84. The first kappa shape index (κ1) is 10.7. The highest BCUT2D eigenvalue weighted by atomic mass is 79.9. The molecular weight excluding hydrogens is 255 g/mol. The van der Waals surface area contributed by atoms with Crippen molar-refractivity contribution in [3.63, 3.8) is 0 Å². The lowest BCUT2D eigenvalue weighted by atomic mass is 10.1. The van der Waals surface area contributed by atoms with Gasteiger partial charge in [-0.1, -0.05) is 15.9 Å². The summed E-state index contributed by atoms with van der Waals surface area (Å²) in [5.74, 6) is -0.503. The fourth-order valence-corrected chi connectivity index (χ4v) is 1.58. The molecule has 0 spiro atoms. The lowest BCUT2D eigenvalue weighted by Crippen LogP contribution is -2.01. The fraction of sp³-hybridized carbons (Fsp3) is 0.222. The number of hydrogen-bond acceptors (Lipinski definition) is 2. The summed E-state index contributed by atoms with van der Waals surface area (Å²) in [4.78, 5) is 11.9. The molecule has 0 saturated heterocycles. The fourth-order valence-electron chi connectivity index (χ4n) is 0.952. The minimum absolute atomic E-state index is 0.0959. The topological polar surface area (TPSA) is 17.1 Å². The van der Waals surface area contributed by atoms with Crippen molar-refractivity contribution in [2.24, 2.45) is 0 Å². The predicted molar refractivity (Wildman–Crippen MR) is 56.4 cm³/mol. The molecule has 0 amide bonds. The maximum Gasteiger partial charge on any atom is 0.164 e. The second-order valence-electron chi connectivity index (χ2n) is 2.52. The molecule has 4 heteroatoms. The molecule has 0 aliphatic rings. The van der Waals surface area contributed by atoms with Crippen LogP contribution in [0.2, 0.25) is 0 Å². The summed E-state index contributed by atoms with van der Waals surface area (Å²) in [5, 5.41) is 0.579. The van der Waals surface area contributed by atoms with Gasteiger partial charge in [0.25, 0.3) is 0 Å². The SMILES string of the molecule is O=C(CCBr)c1cc(F)ccc1S. The molecule has 0 radical (unpaired) electrons. The summed E-state index contributed by atoms with van der Waals surface area (Å²) >= 11 is 7.23. The van der Waals surface area contributed by atoms with E-state index >= 15 is 0 Å². The molecule has 1 rings (SSSR count). The van der Waals surface area contributed by atoms with E-state index in [-0.39, 0.29) is 5.78 Å². The molecule has 0 aliphatic heterocycles. The molecule has 0 aliphatic carbocycles. The summed E-state index contributed by atoms with van der Waals surface area (Å²) in [7, 11) is 0. The molecule has 0 bridgehead atoms. The third-order valence-electron chi connectivity index (χ3n) is 1.58. The first-order valence-electron chi connectivity index (χ1n) is 3.73. The van der Waals surface area contributed by atoms with Crippen LogP contribution >= 0.6 is 28.6 Å². The Hall–Kier alpha value is -0.350. The quantitative estimate of drug-likeness (QED) is 0.504. The van der Waals surface area contributed by atoms with Crippen LogP contribution in [0.1, 0.15) is 16.8 Å². The van der Waals surface area contributed by atoms with Gasteiger partial charge in [0.05, 0.1) is 0 Å². The number of carbonyl (C=O) groups excluding carboxylic acids is 1. The number of rotatable bonds is 3. The van der Waals surface area contributed by atoms with Gasteiger partial charge in [0, 0.05) is 22.2 Å². The second-order valence-corrected chi connectivity index (χ2v) is 3.80. The Kier molecular flexibility index (Phi) is 3.93. The van der Waals surface area contributed by atoms with Crippen molar-refractivity contribution < 1.29 is 9.18 Å². The first-order valence-corrected chi connectivity index (χ1v) is 5.29. The Balaban J connectivity index is 2.99. The average molecular weight is 263 g/mol. The molecule has 0 N–H and O–H groups in total.